The maximum absolute atomic E-state index is 13.3. The minimum Gasteiger partial charge on any atom is -0.348 e. The van der Waals surface area contributed by atoms with E-state index in [0.29, 0.717) is 5.56 Å². The molecule has 0 radical (unpaired) electrons. The van der Waals surface area contributed by atoms with Crippen LogP contribution >= 0.6 is 0 Å². The number of pyridine rings is 1. The predicted octanol–water partition coefficient (Wildman–Crippen LogP) is 3.25. The van der Waals surface area contributed by atoms with Gasteiger partial charge in [0.2, 0.25) is 5.91 Å². The summed E-state index contributed by atoms with van der Waals surface area (Å²) in [6, 6.07) is -0.758. The van der Waals surface area contributed by atoms with E-state index in [4.69, 9.17) is 20.6 Å². The molecule has 0 aliphatic carbocycles. The van der Waals surface area contributed by atoms with Crippen molar-refractivity contribution in [2.75, 3.05) is 14.0 Å². The normalized spacial score (nSPS) is 22.7. The highest BCUT2D eigenvalue weighted by atomic mass is 16.2. The van der Waals surface area contributed by atoms with Gasteiger partial charge in [0, 0.05) is 40.8 Å². The summed E-state index contributed by atoms with van der Waals surface area (Å²) in [4.78, 5) is 16.9. The zero-order valence-electron chi connectivity index (χ0n) is 27.0. The molecule has 2 heterocycles. The summed E-state index contributed by atoms with van der Waals surface area (Å²) in [5, 5.41) is 0. The minimum atomic E-state index is -3.59. The Morgan fingerprint density at radius 2 is 2.09 bits per heavy atom. The molecule has 3 aromatic rings. The molecule has 0 spiro atoms. The fourth-order valence-electron chi connectivity index (χ4n) is 2.03. The van der Waals surface area contributed by atoms with Crippen LogP contribution < -0.4 is 0 Å². The summed E-state index contributed by atoms with van der Waals surface area (Å²) < 4.78 is 119. The monoisotopic (exact) mass is 322 g/mol. The van der Waals surface area contributed by atoms with Crippen LogP contribution in [-0.2, 0) is 11.2 Å². The van der Waals surface area contributed by atoms with Crippen molar-refractivity contribution in [2.45, 2.75) is 20.1 Å². The number of rotatable bonds is 3. The summed E-state index contributed by atoms with van der Waals surface area (Å²) in [5.74, 6) is -1.99. The van der Waals surface area contributed by atoms with Gasteiger partial charge in [-0.1, -0.05) is 35.8 Å². The number of amides is 1. The molecular weight excluding hydrogens is 286 g/mol. The maximum atomic E-state index is 13.3. The van der Waals surface area contributed by atoms with Crippen molar-refractivity contribution >= 4 is 11.6 Å². The van der Waals surface area contributed by atoms with E-state index < -0.39 is 84.7 Å². The zero-order valence-corrected chi connectivity index (χ0v) is 12.0. The molecule has 0 N–H and O–H groups in total. The van der Waals surface area contributed by atoms with E-state index in [0.717, 1.165) is 4.40 Å². The van der Waals surface area contributed by atoms with Crippen molar-refractivity contribution in [2.24, 2.45) is 0 Å². The molecule has 2 aromatic heterocycles. The summed E-state index contributed by atoms with van der Waals surface area (Å²) in [5.41, 5.74) is -2.47. The first-order valence-corrected chi connectivity index (χ1v) is 6.48. The van der Waals surface area contributed by atoms with Crippen molar-refractivity contribution < 1.29 is 25.4 Å². The van der Waals surface area contributed by atoms with E-state index in [-0.39, 0.29) is 5.65 Å². The van der Waals surface area contributed by atoms with Crippen molar-refractivity contribution in [3.05, 3.63) is 59.3 Å². The van der Waals surface area contributed by atoms with Gasteiger partial charge in [-0.05, 0) is 25.4 Å². The lowest BCUT2D eigenvalue weighted by molar-refractivity contribution is -0.128. The SMILES string of the molecule is [2H]c1c([2H])c(C([2H])([2H])[2H])c([2H])c([2H])c1-c1nc2ccc(C)cn2c1C([2H])([2H])C(=O)N(C([2H])([2H])[2H])C([2H])([2H])[2H]. The van der Waals surface area contributed by atoms with Crippen molar-refractivity contribution in [1.29, 1.82) is 0 Å². The van der Waals surface area contributed by atoms with Gasteiger partial charge in [-0.15, -0.1) is 0 Å². The fourth-order valence-corrected chi connectivity index (χ4v) is 2.03. The van der Waals surface area contributed by atoms with Crippen LogP contribution in [-0.4, -0.2) is 34.1 Å². The first-order chi connectivity index (χ1) is 17.0. The Morgan fingerprint density at radius 1 is 1.30 bits per heavy atom. The van der Waals surface area contributed by atoms with Crippen LogP contribution in [0.3, 0.4) is 0 Å². The lowest BCUT2D eigenvalue weighted by atomic mass is 10.1. The number of imidazole rings is 1. The third-order valence-electron chi connectivity index (χ3n) is 3.06. The molecule has 0 unspecified atom stereocenters. The number of carbonyl (C=O) groups excluding carboxylic acids is 1. The molecule has 0 saturated heterocycles. The number of likely N-dealkylation sites (N-methyl/N-ethyl adjacent to an activating group) is 1. The number of aryl methyl sites for hydroxylation is 1. The minimum absolute atomic E-state index is 0.0525. The Kier molecular flexibility index (Phi) is 1.40. The van der Waals surface area contributed by atoms with E-state index in [1.807, 2.05) is 0 Å². The molecule has 0 atom stereocenters. The van der Waals surface area contributed by atoms with Crippen LogP contribution in [0.15, 0.2) is 42.5 Å². The van der Waals surface area contributed by atoms with Gasteiger partial charge < -0.3 is 9.30 Å². The quantitative estimate of drug-likeness (QED) is 0.742. The molecule has 118 valence electrons. The highest BCUT2D eigenvalue weighted by molar-refractivity contribution is 5.81. The van der Waals surface area contributed by atoms with E-state index in [9.17, 15) is 4.79 Å². The molecule has 4 nitrogen and oxygen atoms in total. The van der Waals surface area contributed by atoms with Gasteiger partial charge in [0.15, 0.2) is 0 Å². The van der Waals surface area contributed by atoms with Gasteiger partial charge >= 0.3 is 0 Å². The van der Waals surface area contributed by atoms with Crippen LogP contribution in [0.25, 0.3) is 16.9 Å². The van der Waals surface area contributed by atoms with Gasteiger partial charge in [-0.2, -0.15) is 0 Å². The first-order valence-electron chi connectivity index (χ1n) is 14.0. The molecule has 0 bridgehead atoms. The van der Waals surface area contributed by atoms with Gasteiger partial charge in [-0.3, -0.25) is 4.79 Å². The highest BCUT2D eigenvalue weighted by Crippen LogP contribution is 2.26. The topological polar surface area (TPSA) is 37.6 Å². The molecule has 23 heavy (non-hydrogen) atoms. The Labute approximate surface area is 157 Å². The molecule has 1 amide bonds. The number of aromatic nitrogens is 2. The van der Waals surface area contributed by atoms with Crippen molar-refractivity contribution in [3.8, 4) is 11.3 Å². The summed E-state index contributed by atoms with van der Waals surface area (Å²) >= 11 is 0. The number of carbonyl (C=O) groups is 1. The Bertz CT molecular complexity index is 1390. The van der Waals surface area contributed by atoms with Crippen molar-refractivity contribution in [1.82, 2.24) is 14.3 Å². The summed E-state index contributed by atoms with van der Waals surface area (Å²) in [7, 11) is 0. The Morgan fingerprint density at radius 3 is 2.78 bits per heavy atom. The van der Waals surface area contributed by atoms with Gasteiger partial charge in [-0.25, -0.2) is 4.98 Å². The molecule has 0 aliphatic rings. The van der Waals surface area contributed by atoms with Crippen LogP contribution in [0.4, 0.5) is 0 Å². The molecule has 0 aliphatic heterocycles. The second kappa shape index (κ2) is 5.88. The smallest absolute Gasteiger partial charge is 0.228 e. The Hall–Kier alpha value is -2.62. The predicted molar refractivity (Wildman–Crippen MR) is 92.5 cm³/mol. The van der Waals surface area contributed by atoms with Gasteiger partial charge in [0.05, 0.1) is 23.2 Å². The average Bonchev–Trinajstić information content (AvgIpc) is 3.08. The van der Waals surface area contributed by atoms with E-state index in [2.05, 4.69) is 4.98 Å². The largest absolute Gasteiger partial charge is 0.348 e. The number of nitrogens with zero attached hydrogens (tertiary/aromatic N) is 3. The van der Waals surface area contributed by atoms with Crippen LogP contribution in [0, 0.1) is 13.8 Å². The molecule has 0 saturated carbocycles. The van der Waals surface area contributed by atoms with Crippen LogP contribution in [0.2, 0.25) is 0 Å². The molecule has 4 heteroatoms. The molecule has 0 fully saturated rings. The van der Waals surface area contributed by atoms with E-state index in [1.165, 1.54) is 12.3 Å². The summed E-state index contributed by atoms with van der Waals surface area (Å²) in [6.45, 7) is -8.60. The van der Waals surface area contributed by atoms with E-state index >= 15 is 0 Å². The number of benzene rings is 1. The lowest BCUT2D eigenvalue weighted by Crippen LogP contribution is -2.24. The van der Waals surface area contributed by atoms with Crippen LogP contribution in [0.1, 0.15) is 37.4 Å². The zero-order chi connectivity index (χ0) is 29.3. The maximum Gasteiger partial charge on any atom is 0.228 e. The second-order valence-electron chi connectivity index (χ2n) is 4.76. The fraction of sp³-hybridized carbons (Fsp3) is 0.263. The van der Waals surface area contributed by atoms with E-state index in [1.54, 1.807) is 13.0 Å². The highest BCUT2D eigenvalue weighted by Gasteiger charge is 2.18. The number of fused-ring (bicyclic) bond motifs is 1. The average molecular weight is 322 g/mol. The van der Waals surface area contributed by atoms with Gasteiger partial charge in [0.25, 0.3) is 0 Å². The molecule has 3 rings (SSSR count). The third kappa shape index (κ3) is 2.97. The summed E-state index contributed by atoms with van der Waals surface area (Å²) in [6.07, 6.45) is -2.15. The van der Waals surface area contributed by atoms with Crippen LogP contribution in [0.5, 0.6) is 0 Å². The molecular formula is C19H21N3O. The lowest BCUT2D eigenvalue weighted by Gasteiger charge is -2.11. The van der Waals surface area contributed by atoms with Crippen molar-refractivity contribution in [3.63, 3.8) is 0 Å². The number of hydrogen-bond acceptors (Lipinski definition) is 2. The van der Waals surface area contributed by atoms with Gasteiger partial charge in [0.1, 0.15) is 5.65 Å². The Balaban J connectivity index is 2.49. The third-order valence-corrected chi connectivity index (χ3v) is 3.06. The standard InChI is InChI=1S/C19H21N3O/c1-13-5-8-15(9-6-13)19-16(11-18(23)21(3)4)22-12-14(2)7-10-17(22)20-19/h5-10,12H,11H2,1-4H3/i1D3,3D3,4D3,5D,6D,8D,9D,11D2. The number of hydrogen-bond donors (Lipinski definition) is 0. The second-order valence-corrected chi connectivity index (χ2v) is 4.76. The molecule has 1 aromatic carbocycles. The first kappa shape index (κ1) is 5.48.